The van der Waals surface area contributed by atoms with E-state index in [0.717, 1.165) is 22.3 Å². The Morgan fingerprint density at radius 3 is 2.43 bits per heavy atom. The van der Waals surface area contributed by atoms with Crippen LogP contribution in [0.15, 0.2) is 46.9 Å². The predicted molar refractivity (Wildman–Crippen MR) is 110 cm³/mol. The highest BCUT2D eigenvalue weighted by Gasteiger charge is 2.11. The van der Waals surface area contributed by atoms with E-state index in [2.05, 4.69) is 5.32 Å². The fourth-order valence-electron chi connectivity index (χ4n) is 2.85. The van der Waals surface area contributed by atoms with Crippen LogP contribution in [0.3, 0.4) is 0 Å². The van der Waals surface area contributed by atoms with Crippen LogP contribution in [0.2, 0.25) is 5.02 Å². The lowest BCUT2D eigenvalue weighted by molar-refractivity contribution is -0.118. The minimum atomic E-state index is -0.263. The first-order chi connectivity index (χ1) is 13.4. The third kappa shape index (κ3) is 4.55. The molecule has 0 spiro atoms. The molecule has 2 aromatic carbocycles. The molecule has 2 N–H and O–H groups in total. The zero-order valence-corrected chi connectivity index (χ0v) is 16.8. The van der Waals surface area contributed by atoms with Crippen molar-refractivity contribution < 1.29 is 19.1 Å². The van der Waals surface area contributed by atoms with Crippen LogP contribution in [0.1, 0.15) is 22.5 Å². The second kappa shape index (κ2) is 8.50. The maximum atomic E-state index is 12.4. The number of anilines is 1. The number of aliphatic hydroxyl groups excluding tert-OH is 1. The maximum absolute atomic E-state index is 12.4. The van der Waals surface area contributed by atoms with Crippen LogP contribution in [0.25, 0.3) is 11.3 Å². The number of benzene rings is 2. The third-order valence-corrected chi connectivity index (χ3v) is 4.99. The molecular weight excluding hydrogens is 378 g/mol. The zero-order valence-electron chi connectivity index (χ0n) is 16.0. The largest absolute Gasteiger partial charge is 0.484 e. The topological polar surface area (TPSA) is 71.7 Å². The number of halogens is 1. The van der Waals surface area contributed by atoms with E-state index < -0.39 is 0 Å². The average Bonchev–Trinajstić information content (AvgIpc) is 3.15. The molecule has 0 unspecified atom stereocenters. The summed E-state index contributed by atoms with van der Waals surface area (Å²) in [5, 5.41) is 12.7. The third-order valence-electron chi connectivity index (χ3n) is 4.39. The highest BCUT2D eigenvalue weighted by atomic mass is 35.5. The average molecular weight is 400 g/mol. The van der Waals surface area contributed by atoms with Crippen molar-refractivity contribution in [3.8, 4) is 17.1 Å². The van der Waals surface area contributed by atoms with E-state index >= 15 is 0 Å². The van der Waals surface area contributed by atoms with Crippen LogP contribution >= 0.6 is 11.6 Å². The van der Waals surface area contributed by atoms with Crippen molar-refractivity contribution in [2.45, 2.75) is 27.4 Å². The molecular formula is C22H22ClNO4. The first kappa shape index (κ1) is 20.0. The Labute approximate surface area is 168 Å². The van der Waals surface area contributed by atoms with Gasteiger partial charge < -0.3 is 19.6 Å². The molecule has 0 atom stereocenters. The molecule has 3 aromatic rings. The summed E-state index contributed by atoms with van der Waals surface area (Å²) in [6.45, 7) is 5.44. The van der Waals surface area contributed by atoms with Crippen molar-refractivity contribution in [3.05, 3.63) is 69.9 Å². The predicted octanol–water partition coefficient (Wildman–Crippen LogP) is 5.04. The molecule has 0 aliphatic heterocycles. The Bertz CT molecular complexity index is 987. The number of nitrogens with one attached hydrogen (secondary N) is 1. The lowest BCUT2D eigenvalue weighted by Crippen LogP contribution is -2.20. The summed E-state index contributed by atoms with van der Waals surface area (Å²) in [5.74, 6) is 1.46. The van der Waals surface area contributed by atoms with E-state index in [-0.39, 0.29) is 19.1 Å². The van der Waals surface area contributed by atoms with Gasteiger partial charge in [0.05, 0.1) is 0 Å². The molecule has 0 saturated carbocycles. The van der Waals surface area contributed by atoms with Crippen molar-refractivity contribution in [2.24, 2.45) is 0 Å². The first-order valence-electron chi connectivity index (χ1n) is 8.87. The van der Waals surface area contributed by atoms with Crippen molar-refractivity contribution in [1.82, 2.24) is 0 Å². The minimum Gasteiger partial charge on any atom is -0.484 e. The summed E-state index contributed by atoms with van der Waals surface area (Å²) in [6, 6.07) is 12.8. The molecule has 146 valence electrons. The van der Waals surface area contributed by atoms with E-state index in [1.165, 1.54) is 0 Å². The second-order valence-corrected chi connectivity index (χ2v) is 7.04. The van der Waals surface area contributed by atoms with Crippen LogP contribution in [-0.4, -0.2) is 17.6 Å². The van der Waals surface area contributed by atoms with Crippen molar-refractivity contribution in [2.75, 3.05) is 11.9 Å². The zero-order chi connectivity index (χ0) is 20.3. The van der Waals surface area contributed by atoms with E-state index in [0.29, 0.717) is 28.0 Å². The number of amides is 1. The summed E-state index contributed by atoms with van der Waals surface area (Å²) >= 11 is 6.16. The van der Waals surface area contributed by atoms with Gasteiger partial charge in [-0.2, -0.15) is 0 Å². The van der Waals surface area contributed by atoms with Crippen LogP contribution in [0.4, 0.5) is 5.69 Å². The van der Waals surface area contributed by atoms with Crippen molar-refractivity contribution >= 4 is 23.2 Å². The van der Waals surface area contributed by atoms with Gasteiger partial charge in [-0.05, 0) is 67.8 Å². The highest BCUT2D eigenvalue weighted by molar-refractivity contribution is 6.32. The van der Waals surface area contributed by atoms with E-state index in [1.807, 2.05) is 51.1 Å². The molecule has 1 aromatic heterocycles. The van der Waals surface area contributed by atoms with Gasteiger partial charge in [0.1, 0.15) is 23.9 Å². The Kier molecular flexibility index (Phi) is 6.07. The molecule has 0 aliphatic carbocycles. The normalized spacial score (nSPS) is 10.8. The van der Waals surface area contributed by atoms with Gasteiger partial charge >= 0.3 is 0 Å². The first-order valence-corrected chi connectivity index (χ1v) is 9.25. The summed E-state index contributed by atoms with van der Waals surface area (Å²) in [7, 11) is 0. The second-order valence-electron chi connectivity index (χ2n) is 6.66. The van der Waals surface area contributed by atoms with Crippen LogP contribution in [0.5, 0.6) is 5.75 Å². The van der Waals surface area contributed by atoms with Gasteiger partial charge in [-0.1, -0.05) is 23.7 Å². The quantitative estimate of drug-likeness (QED) is 0.609. The minimum absolute atomic E-state index is 0.112. The summed E-state index contributed by atoms with van der Waals surface area (Å²) in [4.78, 5) is 12.4. The highest BCUT2D eigenvalue weighted by Crippen LogP contribution is 2.28. The molecule has 0 aliphatic rings. The number of hydrogen-bond donors (Lipinski definition) is 2. The smallest absolute Gasteiger partial charge is 0.262 e. The molecule has 1 amide bonds. The van der Waals surface area contributed by atoms with E-state index in [1.54, 1.807) is 12.1 Å². The van der Waals surface area contributed by atoms with E-state index in [4.69, 9.17) is 25.9 Å². The number of furan rings is 1. The number of rotatable bonds is 6. The lowest BCUT2D eigenvalue weighted by Gasteiger charge is -2.12. The SMILES string of the molecule is Cc1ccc(-c2ccc(CO)o2)cc1NC(=O)COc1cc(C)c(Cl)c(C)c1. The summed E-state index contributed by atoms with van der Waals surface area (Å²) < 4.78 is 11.2. The number of hydrogen-bond acceptors (Lipinski definition) is 4. The van der Waals surface area contributed by atoms with Gasteiger partial charge in [-0.3, -0.25) is 4.79 Å². The molecule has 1 heterocycles. The van der Waals surface area contributed by atoms with Gasteiger partial charge in [-0.15, -0.1) is 0 Å². The number of aryl methyl sites for hydroxylation is 3. The summed E-state index contributed by atoms with van der Waals surface area (Å²) in [5.41, 5.74) is 4.22. The van der Waals surface area contributed by atoms with Crippen molar-refractivity contribution in [3.63, 3.8) is 0 Å². The van der Waals surface area contributed by atoms with Crippen LogP contribution < -0.4 is 10.1 Å². The van der Waals surface area contributed by atoms with Gasteiger partial charge in [0, 0.05) is 16.3 Å². The number of carbonyl (C=O) groups excluding carboxylic acids is 1. The molecule has 28 heavy (non-hydrogen) atoms. The monoisotopic (exact) mass is 399 g/mol. The standard InChI is InChI=1S/C22H22ClNO4/c1-13-4-5-16(20-7-6-17(11-25)28-20)10-19(13)24-21(26)12-27-18-8-14(2)22(23)15(3)9-18/h4-10,25H,11-12H2,1-3H3,(H,24,26). The fraction of sp³-hybridized carbons (Fsp3) is 0.227. The van der Waals surface area contributed by atoms with Gasteiger partial charge in [0.2, 0.25) is 0 Å². The van der Waals surface area contributed by atoms with Gasteiger partial charge in [0.25, 0.3) is 5.91 Å². The Morgan fingerprint density at radius 1 is 1.07 bits per heavy atom. The number of carbonyl (C=O) groups is 1. The Balaban J connectivity index is 1.69. The Morgan fingerprint density at radius 2 is 1.79 bits per heavy atom. The molecule has 0 saturated heterocycles. The maximum Gasteiger partial charge on any atom is 0.262 e. The lowest BCUT2D eigenvalue weighted by atomic mass is 10.1. The van der Waals surface area contributed by atoms with Gasteiger partial charge in [0.15, 0.2) is 6.61 Å². The van der Waals surface area contributed by atoms with Crippen molar-refractivity contribution in [1.29, 1.82) is 0 Å². The Hall–Kier alpha value is -2.76. The number of ether oxygens (including phenoxy) is 1. The van der Waals surface area contributed by atoms with E-state index in [9.17, 15) is 4.79 Å². The van der Waals surface area contributed by atoms with Crippen LogP contribution in [-0.2, 0) is 11.4 Å². The molecule has 5 nitrogen and oxygen atoms in total. The fourth-order valence-corrected chi connectivity index (χ4v) is 2.96. The molecule has 3 rings (SSSR count). The number of aliphatic hydroxyl groups is 1. The molecule has 0 bridgehead atoms. The molecule has 0 fully saturated rings. The van der Waals surface area contributed by atoms with Gasteiger partial charge in [-0.25, -0.2) is 0 Å². The van der Waals surface area contributed by atoms with Crippen LogP contribution in [0, 0.1) is 20.8 Å². The summed E-state index contributed by atoms with van der Waals surface area (Å²) in [6.07, 6.45) is 0. The molecule has 6 heteroatoms. The molecule has 0 radical (unpaired) electrons.